The Kier molecular flexibility index (Phi) is 3.35. The molecule has 3 fully saturated rings. The average molecular weight is 251 g/mol. The summed E-state index contributed by atoms with van der Waals surface area (Å²) in [6, 6.07) is 0.419. The molecule has 0 heterocycles. The van der Waals surface area contributed by atoms with E-state index in [1.165, 1.54) is 32.1 Å². The molecule has 3 aliphatic carbocycles. The molecule has 3 aliphatic rings. The van der Waals surface area contributed by atoms with Crippen LogP contribution in [0.4, 0.5) is 0 Å². The van der Waals surface area contributed by atoms with Crippen molar-refractivity contribution in [2.24, 2.45) is 23.7 Å². The van der Waals surface area contributed by atoms with E-state index in [0.717, 1.165) is 23.7 Å². The SMILES string of the molecule is CCOC(=O)C(C)NC1CC2CC1C1CCCC21. The molecule has 0 saturated heterocycles. The molecule has 2 bridgehead atoms. The van der Waals surface area contributed by atoms with Gasteiger partial charge in [-0.05, 0) is 63.2 Å². The third-order valence-electron chi connectivity index (χ3n) is 5.53. The van der Waals surface area contributed by atoms with Crippen molar-refractivity contribution in [3.05, 3.63) is 0 Å². The maximum absolute atomic E-state index is 11.7. The number of hydrogen-bond donors (Lipinski definition) is 1. The Balaban J connectivity index is 1.57. The molecule has 102 valence electrons. The smallest absolute Gasteiger partial charge is 0.322 e. The van der Waals surface area contributed by atoms with Crippen molar-refractivity contribution in [1.82, 2.24) is 5.32 Å². The number of rotatable bonds is 4. The van der Waals surface area contributed by atoms with Crippen molar-refractivity contribution in [3.8, 4) is 0 Å². The quantitative estimate of drug-likeness (QED) is 0.779. The first-order valence-corrected chi connectivity index (χ1v) is 7.63. The van der Waals surface area contributed by atoms with E-state index in [-0.39, 0.29) is 12.0 Å². The van der Waals surface area contributed by atoms with E-state index in [1.807, 2.05) is 13.8 Å². The van der Waals surface area contributed by atoms with Crippen LogP contribution >= 0.6 is 0 Å². The third kappa shape index (κ3) is 1.97. The lowest BCUT2D eigenvalue weighted by molar-refractivity contribution is -0.145. The summed E-state index contributed by atoms with van der Waals surface area (Å²) in [5.41, 5.74) is 0. The van der Waals surface area contributed by atoms with Crippen LogP contribution in [0.1, 0.15) is 46.0 Å². The summed E-state index contributed by atoms with van der Waals surface area (Å²) in [6.07, 6.45) is 7.02. The van der Waals surface area contributed by atoms with E-state index in [1.54, 1.807) is 0 Å². The second kappa shape index (κ2) is 4.84. The first-order valence-electron chi connectivity index (χ1n) is 7.63. The average Bonchev–Trinajstić information content (AvgIpc) is 3.00. The van der Waals surface area contributed by atoms with Gasteiger partial charge in [-0.25, -0.2) is 0 Å². The fraction of sp³-hybridized carbons (Fsp3) is 0.933. The molecule has 0 spiro atoms. The van der Waals surface area contributed by atoms with Crippen LogP contribution in [0.3, 0.4) is 0 Å². The van der Waals surface area contributed by atoms with Gasteiger partial charge in [0.15, 0.2) is 0 Å². The van der Waals surface area contributed by atoms with Gasteiger partial charge in [0.05, 0.1) is 6.61 Å². The van der Waals surface area contributed by atoms with Crippen LogP contribution in [0.5, 0.6) is 0 Å². The second-order valence-corrected chi connectivity index (χ2v) is 6.40. The highest BCUT2D eigenvalue weighted by atomic mass is 16.5. The van der Waals surface area contributed by atoms with Crippen molar-refractivity contribution in [2.75, 3.05) is 6.61 Å². The molecule has 3 nitrogen and oxygen atoms in total. The summed E-state index contributed by atoms with van der Waals surface area (Å²) in [6.45, 7) is 4.29. The second-order valence-electron chi connectivity index (χ2n) is 6.40. The summed E-state index contributed by atoms with van der Waals surface area (Å²) in [5, 5.41) is 3.53. The van der Waals surface area contributed by atoms with Gasteiger partial charge in [-0.1, -0.05) is 6.42 Å². The van der Waals surface area contributed by atoms with Gasteiger partial charge in [-0.3, -0.25) is 4.79 Å². The number of ether oxygens (including phenoxy) is 1. The van der Waals surface area contributed by atoms with E-state index >= 15 is 0 Å². The van der Waals surface area contributed by atoms with Gasteiger partial charge in [-0.15, -0.1) is 0 Å². The van der Waals surface area contributed by atoms with Crippen molar-refractivity contribution < 1.29 is 9.53 Å². The summed E-state index contributed by atoms with van der Waals surface area (Å²) < 4.78 is 5.08. The molecule has 18 heavy (non-hydrogen) atoms. The summed E-state index contributed by atoms with van der Waals surface area (Å²) in [4.78, 5) is 11.7. The minimum absolute atomic E-state index is 0.0942. The fourth-order valence-corrected chi connectivity index (χ4v) is 4.92. The lowest BCUT2D eigenvalue weighted by Crippen LogP contribution is -2.47. The molecule has 3 saturated carbocycles. The highest BCUT2D eigenvalue weighted by Gasteiger charge is 2.53. The van der Waals surface area contributed by atoms with Crippen LogP contribution in [-0.2, 0) is 9.53 Å². The van der Waals surface area contributed by atoms with Crippen LogP contribution in [0.2, 0.25) is 0 Å². The molecule has 0 radical (unpaired) electrons. The molecule has 0 aromatic carbocycles. The van der Waals surface area contributed by atoms with E-state index < -0.39 is 0 Å². The minimum atomic E-state index is -0.144. The Morgan fingerprint density at radius 3 is 2.83 bits per heavy atom. The first kappa shape index (κ1) is 12.5. The maximum Gasteiger partial charge on any atom is 0.322 e. The number of carbonyl (C=O) groups is 1. The predicted molar refractivity (Wildman–Crippen MR) is 70.1 cm³/mol. The zero-order chi connectivity index (χ0) is 12.7. The minimum Gasteiger partial charge on any atom is -0.465 e. The number of fused-ring (bicyclic) bond motifs is 5. The monoisotopic (exact) mass is 251 g/mol. The number of hydrogen-bond acceptors (Lipinski definition) is 3. The van der Waals surface area contributed by atoms with E-state index in [2.05, 4.69) is 5.32 Å². The van der Waals surface area contributed by atoms with Crippen LogP contribution < -0.4 is 5.32 Å². The summed E-state index contributed by atoms with van der Waals surface area (Å²) >= 11 is 0. The van der Waals surface area contributed by atoms with E-state index in [4.69, 9.17) is 4.74 Å². The standard InChI is InChI=1S/C15H25NO2/c1-3-18-15(17)9(2)16-14-8-10-7-13(14)12-6-4-5-11(10)12/h9-14,16H,3-8H2,1-2H3. The van der Waals surface area contributed by atoms with E-state index in [0.29, 0.717) is 12.6 Å². The largest absolute Gasteiger partial charge is 0.465 e. The highest BCUT2D eigenvalue weighted by Crippen LogP contribution is 2.58. The maximum atomic E-state index is 11.7. The summed E-state index contributed by atoms with van der Waals surface area (Å²) in [7, 11) is 0. The van der Waals surface area contributed by atoms with Gasteiger partial charge in [0.2, 0.25) is 0 Å². The molecule has 6 unspecified atom stereocenters. The third-order valence-corrected chi connectivity index (χ3v) is 5.53. The van der Waals surface area contributed by atoms with Gasteiger partial charge in [0.1, 0.15) is 6.04 Å². The zero-order valence-corrected chi connectivity index (χ0v) is 11.5. The molecule has 0 amide bonds. The van der Waals surface area contributed by atoms with Crippen molar-refractivity contribution in [3.63, 3.8) is 0 Å². The van der Waals surface area contributed by atoms with Crippen LogP contribution in [0.25, 0.3) is 0 Å². The van der Waals surface area contributed by atoms with Crippen molar-refractivity contribution in [1.29, 1.82) is 0 Å². The number of esters is 1. The number of nitrogens with one attached hydrogen (secondary N) is 1. The van der Waals surface area contributed by atoms with Crippen LogP contribution in [-0.4, -0.2) is 24.7 Å². The van der Waals surface area contributed by atoms with E-state index in [9.17, 15) is 4.79 Å². The fourth-order valence-electron chi connectivity index (χ4n) is 4.92. The van der Waals surface area contributed by atoms with Gasteiger partial charge >= 0.3 is 5.97 Å². The topological polar surface area (TPSA) is 38.3 Å². The van der Waals surface area contributed by atoms with Gasteiger partial charge < -0.3 is 10.1 Å². The Morgan fingerprint density at radius 2 is 2.06 bits per heavy atom. The van der Waals surface area contributed by atoms with Gasteiger partial charge in [-0.2, -0.15) is 0 Å². The Labute approximate surface area is 110 Å². The first-order chi connectivity index (χ1) is 8.70. The molecule has 3 rings (SSSR count). The molecule has 0 aromatic heterocycles. The van der Waals surface area contributed by atoms with Crippen LogP contribution in [0.15, 0.2) is 0 Å². The summed E-state index contributed by atoms with van der Waals surface area (Å²) in [5.74, 6) is 3.65. The molecule has 0 aromatic rings. The van der Waals surface area contributed by atoms with Gasteiger partial charge in [0, 0.05) is 6.04 Å². The predicted octanol–water partition coefficient (Wildman–Crippen LogP) is 2.35. The normalized spacial score (nSPS) is 42.9. The molecular weight excluding hydrogens is 226 g/mol. The Morgan fingerprint density at radius 1 is 1.28 bits per heavy atom. The van der Waals surface area contributed by atoms with Crippen molar-refractivity contribution >= 4 is 5.97 Å². The highest BCUT2D eigenvalue weighted by molar-refractivity contribution is 5.75. The molecule has 1 N–H and O–H groups in total. The lowest BCUT2D eigenvalue weighted by atomic mass is 9.79. The molecule has 3 heteroatoms. The number of carbonyl (C=O) groups excluding carboxylic acids is 1. The Bertz CT molecular complexity index is 330. The molecule has 0 aliphatic heterocycles. The Hall–Kier alpha value is -0.570. The van der Waals surface area contributed by atoms with Gasteiger partial charge in [0.25, 0.3) is 0 Å². The molecular formula is C15H25NO2. The zero-order valence-electron chi connectivity index (χ0n) is 11.5. The molecule has 6 atom stereocenters. The lowest BCUT2D eigenvalue weighted by Gasteiger charge is -2.33. The van der Waals surface area contributed by atoms with Crippen LogP contribution in [0, 0.1) is 23.7 Å². The van der Waals surface area contributed by atoms with Crippen molar-refractivity contribution in [2.45, 2.75) is 58.0 Å².